The standard InChI is InChI=1S/C19H18ClN3O5/c1-11-14(9-21)17(24)23(6-7-27-2)18(25)15(11)10-22-16-8-12(20)4-5-13(16)19(26)28-3/h4-5,8,10,25H,6-7H2,1-3H3. The van der Waals surface area contributed by atoms with E-state index in [1.165, 1.54) is 45.6 Å². The lowest BCUT2D eigenvalue weighted by atomic mass is 10.1. The zero-order valence-electron chi connectivity index (χ0n) is 15.5. The van der Waals surface area contributed by atoms with Crippen molar-refractivity contribution in [3.05, 3.63) is 55.8 Å². The van der Waals surface area contributed by atoms with Gasteiger partial charge in [0.2, 0.25) is 5.88 Å². The molecule has 0 radical (unpaired) electrons. The Balaban J connectivity index is 2.64. The van der Waals surface area contributed by atoms with Gasteiger partial charge in [0.15, 0.2) is 0 Å². The smallest absolute Gasteiger partial charge is 0.340 e. The molecule has 9 heteroatoms. The number of aromatic nitrogens is 1. The minimum absolute atomic E-state index is 0.0571. The maximum absolute atomic E-state index is 12.4. The molecule has 146 valence electrons. The lowest BCUT2D eigenvalue weighted by molar-refractivity contribution is 0.0601. The number of aromatic hydroxyl groups is 1. The van der Waals surface area contributed by atoms with E-state index in [2.05, 4.69) is 4.99 Å². The summed E-state index contributed by atoms with van der Waals surface area (Å²) < 4.78 is 10.7. The van der Waals surface area contributed by atoms with Gasteiger partial charge in [0.1, 0.15) is 11.6 Å². The van der Waals surface area contributed by atoms with E-state index in [0.29, 0.717) is 5.02 Å². The summed E-state index contributed by atoms with van der Waals surface area (Å²) in [4.78, 5) is 28.5. The lowest BCUT2D eigenvalue weighted by Gasteiger charge is -2.13. The molecule has 1 N–H and O–H groups in total. The number of hydrogen-bond acceptors (Lipinski definition) is 7. The molecule has 0 atom stereocenters. The SMILES string of the molecule is COCCn1c(O)c(C=Nc2cc(Cl)ccc2C(=O)OC)c(C)c(C#N)c1=O. The van der Waals surface area contributed by atoms with Gasteiger partial charge in [-0.25, -0.2) is 4.79 Å². The molecule has 2 aromatic rings. The number of rotatable bonds is 6. The van der Waals surface area contributed by atoms with Gasteiger partial charge in [-0.2, -0.15) is 5.26 Å². The molecule has 0 saturated heterocycles. The van der Waals surface area contributed by atoms with Crippen LogP contribution in [0.1, 0.15) is 27.0 Å². The molecule has 0 aliphatic carbocycles. The molecule has 0 fully saturated rings. The van der Waals surface area contributed by atoms with Gasteiger partial charge in [-0.3, -0.25) is 14.4 Å². The number of carbonyl (C=O) groups is 1. The van der Waals surface area contributed by atoms with Crippen LogP contribution in [0.4, 0.5) is 5.69 Å². The lowest BCUT2D eigenvalue weighted by Crippen LogP contribution is -2.26. The molecule has 0 saturated carbocycles. The Morgan fingerprint density at radius 2 is 2.14 bits per heavy atom. The average molecular weight is 404 g/mol. The summed E-state index contributed by atoms with van der Waals surface area (Å²) in [6.07, 6.45) is 1.27. The number of nitriles is 1. The molecular weight excluding hydrogens is 386 g/mol. The number of esters is 1. The number of halogens is 1. The Bertz CT molecular complexity index is 1040. The number of hydrogen-bond donors (Lipinski definition) is 1. The van der Waals surface area contributed by atoms with Gasteiger partial charge >= 0.3 is 5.97 Å². The summed E-state index contributed by atoms with van der Waals surface area (Å²) in [6, 6.07) is 6.30. The van der Waals surface area contributed by atoms with Crippen LogP contribution in [0.5, 0.6) is 5.88 Å². The number of ether oxygens (including phenoxy) is 2. The number of nitrogens with zero attached hydrogens (tertiary/aromatic N) is 3. The van der Waals surface area contributed by atoms with Crippen LogP contribution in [0.3, 0.4) is 0 Å². The van der Waals surface area contributed by atoms with Crippen LogP contribution in [0.15, 0.2) is 28.0 Å². The van der Waals surface area contributed by atoms with Gasteiger partial charge in [-0.1, -0.05) is 11.6 Å². The fraction of sp³-hybridized carbons (Fsp3) is 0.263. The third-order valence-corrected chi connectivity index (χ3v) is 4.30. The van der Waals surface area contributed by atoms with Crippen LogP contribution in [0, 0.1) is 18.3 Å². The van der Waals surface area contributed by atoms with Crippen LogP contribution < -0.4 is 5.56 Å². The predicted octanol–water partition coefficient (Wildman–Crippen LogP) is 2.57. The molecule has 1 heterocycles. The number of methoxy groups -OCH3 is 2. The summed E-state index contributed by atoms with van der Waals surface area (Å²) >= 11 is 5.98. The first-order chi connectivity index (χ1) is 13.3. The molecule has 0 amide bonds. The third-order valence-electron chi connectivity index (χ3n) is 4.06. The van der Waals surface area contributed by atoms with Gasteiger partial charge in [-0.15, -0.1) is 0 Å². The van der Waals surface area contributed by atoms with E-state index in [-0.39, 0.29) is 47.0 Å². The van der Waals surface area contributed by atoms with E-state index in [1.807, 2.05) is 6.07 Å². The highest BCUT2D eigenvalue weighted by Crippen LogP contribution is 2.26. The maximum Gasteiger partial charge on any atom is 0.340 e. The first-order valence-electron chi connectivity index (χ1n) is 8.13. The minimum Gasteiger partial charge on any atom is -0.494 e. The fourth-order valence-corrected chi connectivity index (χ4v) is 2.71. The van der Waals surface area contributed by atoms with Crippen molar-refractivity contribution in [2.24, 2.45) is 4.99 Å². The minimum atomic E-state index is -0.621. The van der Waals surface area contributed by atoms with E-state index in [0.717, 1.165) is 4.57 Å². The second-order valence-electron chi connectivity index (χ2n) is 5.71. The fourth-order valence-electron chi connectivity index (χ4n) is 2.54. The van der Waals surface area contributed by atoms with E-state index in [9.17, 15) is 20.0 Å². The van der Waals surface area contributed by atoms with E-state index in [4.69, 9.17) is 21.1 Å². The molecule has 0 aliphatic rings. The van der Waals surface area contributed by atoms with Crippen LogP contribution in [-0.4, -0.2) is 42.7 Å². The van der Waals surface area contributed by atoms with Gasteiger partial charge in [0.05, 0.1) is 37.1 Å². The molecule has 1 aromatic heterocycles. The van der Waals surface area contributed by atoms with Crippen molar-refractivity contribution in [1.29, 1.82) is 5.26 Å². The highest BCUT2D eigenvalue weighted by Gasteiger charge is 2.18. The van der Waals surface area contributed by atoms with Crippen molar-refractivity contribution in [2.45, 2.75) is 13.5 Å². The Morgan fingerprint density at radius 1 is 1.43 bits per heavy atom. The number of benzene rings is 1. The van der Waals surface area contributed by atoms with Crippen molar-refractivity contribution in [3.63, 3.8) is 0 Å². The van der Waals surface area contributed by atoms with E-state index >= 15 is 0 Å². The van der Waals surface area contributed by atoms with Gasteiger partial charge in [0, 0.05) is 18.3 Å². The first kappa shape index (κ1) is 21.2. The molecule has 0 aliphatic heterocycles. The summed E-state index contributed by atoms with van der Waals surface area (Å²) in [7, 11) is 2.70. The summed E-state index contributed by atoms with van der Waals surface area (Å²) in [6.45, 7) is 1.75. The summed E-state index contributed by atoms with van der Waals surface area (Å²) in [5.74, 6) is -0.962. The molecule has 0 bridgehead atoms. The van der Waals surface area contributed by atoms with Crippen LogP contribution in [0.2, 0.25) is 5.02 Å². The zero-order valence-corrected chi connectivity index (χ0v) is 16.3. The molecule has 28 heavy (non-hydrogen) atoms. The number of aliphatic imine (C=N–C) groups is 1. The van der Waals surface area contributed by atoms with Gasteiger partial charge in [-0.05, 0) is 30.7 Å². The second kappa shape index (κ2) is 9.17. The maximum atomic E-state index is 12.4. The monoisotopic (exact) mass is 403 g/mol. The molecular formula is C19H18ClN3O5. The number of carbonyl (C=O) groups excluding carboxylic acids is 1. The Hall–Kier alpha value is -3.15. The Kier molecular flexibility index (Phi) is 6.93. The molecule has 2 rings (SSSR count). The average Bonchev–Trinajstić information content (AvgIpc) is 2.67. The first-order valence-corrected chi connectivity index (χ1v) is 8.50. The normalized spacial score (nSPS) is 10.8. The van der Waals surface area contributed by atoms with E-state index < -0.39 is 11.5 Å². The van der Waals surface area contributed by atoms with Gasteiger partial charge in [0.25, 0.3) is 5.56 Å². The number of pyridine rings is 1. The third kappa shape index (κ3) is 4.22. The van der Waals surface area contributed by atoms with Gasteiger partial charge < -0.3 is 14.6 Å². The highest BCUT2D eigenvalue weighted by molar-refractivity contribution is 6.31. The van der Waals surface area contributed by atoms with Crippen molar-refractivity contribution in [2.75, 3.05) is 20.8 Å². The topological polar surface area (TPSA) is 114 Å². The van der Waals surface area contributed by atoms with Crippen molar-refractivity contribution < 1.29 is 19.4 Å². The van der Waals surface area contributed by atoms with Crippen molar-refractivity contribution >= 4 is 29.5 Å². The molecule has 8 nitrogen and oxygen atoms in total. The molecule has 0 spiro atoms. The van der Waals surface area contributed by atoms with Crippen LogP contribution in [-0.2, 0) is 16.0 Å². The zero-order chi connectivity index (χ0) is 20.8. The van der Waals surface area contributed by atoms with Crippen LogP contribution >= 0.6 is 11.6 Å². The van der Waals surface area contributed by atoms with E-state index in [1.54, 1.807) is 0 Å². The Morgan fingerprint density at radius 3 is 2.75 bits per heavy atom. The highest BCUT2D eigenvalue weighted by atomic mass is 35.5. The predicted molar refractivity (Wildman–Crippen MR) is 104 cm³/mol. The summed E-state index contributed by atoms with van der Waals surface area (Å²) in [5.41, 5.74) is 0.0891. The molecule has 1 aromatic carbocycles. The summed E-state index contributed by atoms with van der Waals surface area (Å²) in [5, 5.41) is 20.2. The van der Waals surface area contributed by atoms with Crippen LogP contribution in [0.25, 0.3) is 0 Å². The van der Waals surface area contributed by atoms with Crippen molar-refractivity contribution in [1.82, 2.24) is 4.57 Å². The second-order valence-corrected chi connectivity index (χ2v) is 6.15. The quantitative estimate of drug-likeness (QED) is 0.585. The molecule has 0 unspecified atom stereocenters. The van der Waals surface area contributed by atoms with Crippen molar-refractivity contribution in [3.8, 4) is 11.9 Å². The Labute approximate surface area is 166 Å². The largest absolute Gasteiger partial charge is 0.494 e.